The Kier molecular flexibility index (Phi) is 8.08. The van der Waals surface area contributed by atoms with E-state index < -0.39 is 65.6 Å². The first-order chi connectivity index (χ1) is 21.2. The van der Waals surface area contributed by atoms with E-state index in [1.54, 1.807) is 38.3 Å². The van der Waals surface area contributed by atoms with Crippen LogP contribution >= 0.6 is 0 Å². The third-order valence-corrected chi connectivity index (χ3v) is 7.49. The van der Waals surface area contributed by atoms with Crippen molar-refractivity contribution in [1.29, 1.82) is 0 Å². The van der Waals surface area contributed by atoms with Gasteiger partial charge in [0.25, 0.3) is 5.56 Å². The molecule has 3 aromatic rings. The maximum Gasteiger partial charge on any atom is 0.408 e. The SMILES string of the molecule is CC[C@@]1(OC(=O)CNC(=O)[C@H](CC(N)=O)NC(=O)OC(C)(C)C)C(=O)OCc2c1cc1n(c2=O)Cc2cc3ccccc3nc2-1. The molecule has 2 aliphatic heterocycles. The van der Waals surface area contributed by atoms with Crippen molar-refractivity contribution < 1.29 is 38.2 Å². The molecular formula is C31H33N5O9. The largest absolute Gasteiger partial charge is 0.457 e. The second-order valence-corrected chi connectivity index (χ2v) is 11.8. The number of carbonyl (C=O) groups is 5. The molecular weight excluding hydrogens is 586 g/mol. The van der Waals surface area contributed by atoms with Crippen molar-refractivity contribution in [3.8, 4) is 11.4 Å². The number of aromatic nitrogens is 2. The van der Waals surface area contributed by atoms with Gasteiger partial charge in [0.15, 0.2) is 0 Å². The van der Waals surface area contributed by atoms with E-state index in [0.29, 0.717) is 11.4 Å². The normalized spacial score (nSPS) is 17.3. The number of pyridine rings is 2. The van der Waals surface area contributed by atoms with Crippen LogP contribution in [0.25, 0.3) is 22.3 Å². The number of benzene rings is 1. The van der Waals surface area contributed by atoms with Crippen molar-refractivity contribution in [1.82, 2.24) is 20.2 Å². The number of fused-ring (bicyclic) bond motifs is 5. The summed E-state index contributed by atoms with van der Waals surface area (Å²) in [5.74, 6) is -3.71. The minimum atomic E-state index is -1.98. The van der Waals surface area contributed by atoms with Gasteiger partial charge in [-0.25, -0.2) is 14.6 Å². The van der Waals surface area contributed by atoms with Crippen molar-refractivity contribution in [2.24, 2.45) is 5.73 Å². The molecule has 14 nitrogen and oxygen atoms in total. The fraction of sp³-hybridized carbons (Fsp3) is 0.387. The first kappa shape index (κ1) is 31.2. The van der Waals surface area contributed by atoms with Gasteiger partial charge in [-0.05, 0) is 45.4 Å². The molecule has 14 heteroatoms. The zero-order valence-corrected chi connectivity index (χ0v) is 25.2. The molecule has 0 saturated carbocycles. The number of hydrogen-bond donors (Lipinski definition) is 3. The summed E-state index contributed by atoms with van der Waals surface area (Å²) >= 11 is 0. The Bertz CT molecular complexity index is 1810. The summed E-state index contributed by atoms with van der Waals surface area (Å²) in [5.41, 5.74) is 4.92. The lowest BCUT2D eigenvalue weighted by Gasteiger charge is -2.35. The van der Waals surface area contributed by atoms with Crippen LogP contribution in [-0.2, 0) is 52.1 Å². The number of amides is 3. The van der Waals surface area contributed by atoms with E-state index in [9.17, 15) is 28.8 Å². The zero-order valence-electron chi connectivity index (χ0n) is 25.2. The Morgan fingerprint density at radius 1 is 1.16 bits per heavy atom. The lowest BCUT2D eigenvalue weighted by Crippen LogP contribution is -2.52. The van der Waals surface area contributed by atoms with Crippen molar-refractivity contribution in [2.45, 2.75) is 70.9 Å². The van der Waals surface area contributed by atoms with Gasteiger partial charge >= 0.3 is 18.0 Å². The molecule has 3 amide bonds. The van der Waals surface area contributed by atoms with Crippen LogP contribution in [0.15, 0.2) is 41.2 Å². The number of esters is 2. The molecule has 2 aromatic heterocycles. The predicted octanol–water partition coefficient (Wildman–Crippen LogP) is 1.52. The Balaban J connectivity index is 1.40. The molecule has 0 bridgehead atoms. The highest BCUT2D eigenvalue weighted by atomic mass is 16.6. The highest BCUT2D eigenvalue weighted by Gasteiger charge is 2.50. The van der Waals surface area contributed by atoms with Gasteiger partial charge in [-0.15, -0.1) is 0 Å². The van der Waals surface area contributed by atoms with Crippen LogP contribution < -0.4 is 21.9 Å². The van der Waals surface area contributed by atoms with E-state index in [2.05, 4.69) is 10.6 Å². The molecule has 0 saturated heterocycles. The monoisotopic (exact) mass is 619 g/mol. The van der Waals surface area contributed by atoms with Gasteiger partial charge in [-0.3, -0.25) is 19.2 Å². The number of carbonyl (C=O) groups excluding carboxylic acids is 5. The fourth-order valence-corrected chi connectivity index (χ4v) is 5.46. The maximum absolute atomic E-state index is 13.7. The zero-order chi connectivity index (χ0) is 32.7. The number of nitrogens with two attached hydrogens (primary N) is 1. The quantitative estimate of drug-likeness (QED) is 0.192. The molecule has 4 heterocycles. The number of alkyl carbamates (subject to hydrolysis) is 1. The van der Waals surface area contributed by atoms with Gasteiger partial charge in [0.2, 0.25) is 17.4 Å². The van der Waals surface area contributed by atoms with Crippen LogP contribution in [0.2, 0.25) is 0 Å². The Morgan fingerprint density at radius 3 is 2.58 bits per heavy atom. The number of nitrogens with zero attached hydrogens (tertiary/aromatic N) is 2. The second-order valence-electron chi connectivity index (χ2n) is 11.8. The number of nitrogens with one attached hydrogen (secondary N) is 2. The lowest BCUT2D eigenvalue weighted by atomic mass is 9.85. The standard InChI is InChI=1S/C31H33N5O9/c1-5-31(44-24(38)13-33-26(39)21(12-23(32)37)35-29(42)45-30(2,3)4)19-11-22-25-17(10-16-8-6-7-9-20(16)34-25)14-36(22)27(40)18(19)15-43-28(31)41/h6-11,21H,5,12-15H2,1-4H3,(H2,32,37)(H,33,39)(H,35,42)/t21-,31-/m0/s1. The molecule has 236 valence electrons. The summed E-state index contributed by atoms with van der Waals surface area (Å²) in [6, 6.07) is 9.69. The average molecular weight is 620 g/mol. The summed E-state index contributed by atoms with van der Waals surface area (Å²) in [4.78, 5) is 81.4. The number of rotatable bonds is 8. The smallest absolute Gasteiger partial charge is 0.408 e. The summed E-state index contributed by atoms with van der Waals surface area (Å²) in [6.45, 7) is 5.67. The molecule has 1 aromatic carbocycles. The van der Waals surface area contributed by atoms with Gasteiger partial charge in [0, 0.05) is 16.5 Å². The topological polar surface area (TPSA) is 198 Å². The van der Waals surface area contributed by atoms with Gasteiger partial charge in [-0.2, -0.15) is 0 Å². The first-order valence-electron chi connectivity index (χ1n) is 14.3. The Hall–Kier alpha value is -5.27. The van der Waals surface area contributed by atoms with Crippen LogP contribution in [0.1, 0.15) is 57.2 Å². The van der Waals surface area contributed by atoms with Crippen molar-refractivity contribution in [3.05, 3.63) is 63.4 Å². The molecule has 0 aliphatic carbocycles. The van der Waals surface area contributed by atoms with Crippen molar-refractivity contribution in [2.75, 3.05) is 6.54 Å². The Morgan fingerprint density at radius 2 is 1.89 bits per heavy atom. The minimum absolute atomic E-state index is 0.0794. The van der Waals surface area contributed by atoms with E-state index in [4.69, 9.17) is 24.9 Å². The minimum Gasteiger partial charge on any atom is -0.457 e. The third-order valence-electron chi connectivity index (χ3n) is 7.49. The van der Waals surface area contributed by atoms with Crippen LogP contribution in [0, 0.1) is 0 Å². The summed E-state index contributed by atoms with van der Waals surface area (Å²) in [7, 11) is 0. The van der Waals surface area contributed by atoms with Gasteiger partial charge in [-0.1, -0.05) is 25.1 Å². The summed E-state index contributed by atoms with van der Waals surface area (Å²) in [5, 5.41) is 5.46. The number of ether oxygens (including phenoxy) is 3. The molecule has 2 aliphatic rings. The van der Waals surface area contributed by atoms with Crippen LogP contribution in [0.4, 0.5) is 4.79 Å². The number of para-hydroxylation sites is 1. The average Bonchev–Trinajstić information content (AvgIpc) is 3.32. The molecule has 0 spiro atoms. The number of cyclic esters (lactones) is 1. The second kappa shape index (κ2) is 11.7. The summed E-state index contributed by atoms with van der Waals surface area (Å²) in [6.07, 6.45) is -1.62. The van der Waals surface area contributed by atoms with Crippen molar-refractivity contribution in [3.63, 3.8) is 0 Å². The number of primary amides is 1. The van der Waals surface area contributed by atoms with Crippen LogP contribution in [0.3, 0.4) is 0 Å². The van der Waals surface area contributed by atoms with E-state index in [1.807, 2.05) is 30.3 Å². The lowest BCUT2D eigenvalue weighted by molar-refractivity contribution is -0.189. The van der Waals surface area contributed by atoms with Gasteiger partial charge in [0.1, 0.15) is 24.8 Å². The van der Waals surface area contributed by atoms with E-state index >= 15 is 0 Å². The van der Waals surface area contributed by atoms with E-state index in [1.165, 1.54) is 0 Å². The van der Waals surface area contributed by atoms with Crippen molar-refractivity contribution >= 4 is 40.7 Å². The fourth-order valence-electron chi connectivity index (χ4n) is 5.46. The molecule has 45 heavy (non-hydrogen) atoms. The molecule has 0 fully saturated rings. The molecule has 2 atom stereocenters. The summed E-state index contributed by atoms with van der Waals surface area (Å²) < 4.78 is 17.7. The maximum atomic E-state index is 13.7. The molecule has 0 unspecified atom stereocenters. The van der Waals surface area contributed by atoms with Crippen LogP contribution in [-0.4, -0.2) is 57.6 Å². The first-order valence-corrected chi connectivity index (χ1v) is 14.3. The Labute approximate surface area is 257 Å². The van der Waals surface area contributed by atoms with Crippen LogP contribution in [0.5, 0.6) is 0 Å². The highest BCUT2D eigenvalue weighted by molar-refractivity contribution is 5.93. The molecule has 4 N–H and O–H groups in total. The van der Waals surface area contributed by atoms with Gasteiger partial charge in [0.05, 0.1) is 35.4 Å². The molecule has 0 radical (unpaired) electrons. The van der Waals surface area contributed by atoms with E-state index in [-0.39, 0.29) is 30.7 Å². The third kappa shape index (κ3) is 6.08. The van der Waals surface area contributed by atoms with E-state index in [0.717, 1.165) is 16.5 Å². The molecule has 5 rings (SSSR count). The number of hydrogen-bond acceptors (Lipinski definition) is 10. The van der Waals surface area contributed by atoms with Gasteiger partial charge < -0.3 is 35.1 Å². The predicted molar refractivity (Wildman–Crippen MR) is 158 cm³/mol. The highest BCUT2D eigenvalue weighted by Crippen LogP contribution is 2.40.